The molecule has 0 amide bonds. The van der Waals surface area contributed by atoms with Crippen molar-refractivity contribution in [2.75, 3.05) is 38.3 Å². The molecule has 4 heterocycles. The number of aryl methyl sites for hydroxylation is 2. The fourth-order valence-corrected chi connectivity index (χ4v) is 3.78. The summed E-state index contributed by atoms with van der Waals surface area (Å²) in [7, 11) is 1.73. The Kier molecular flexibility index (Phi) is 5.27. The van der Waals surface area contributed by atoms with Crippen LogP contribution < -0.4 is 4.90 Å². The van der Waals surface area contributed by atoms with Gasteiger partial charge in [0, 0.05) is 44.1 Å². The average Bonchev–Trinajstić information content (AvgIpc) is 3.04. The minimum Gasteiger partial charge on any atom is -0.378 e. The topological polar surface area (TPSA) is 64.8 Å². The highest BCUT2D eigenvalue weighted by molar-refractivity contribution is 5.75. The van der Waals surface area contributed by atoms with E-state index in [9.17, 15) is 0 Å². The van der Waals surface area contributed by atoms with Crippen molar-refractivity contribution >= 4 is 11.3 Å². The third-order valence-corrected chi connectivity index (χ3v) is 5.47. The molecule has 0 unspecified atom stereocenters. The second-order valence-corrected chi connectivity index (χ2v) is 8.23. The van der Waals surface area contributed by atoms with Crippen LogP contribution in [-0.2, 0) is 15.9 Å². The minimum absolute atomic E-state index is 0.237. The van der Waals surface area contributed by atoms with Gasteiger partial charge in [0.05, 0.1) is 41.6 Å². The predicted octanol–water partition coefficient (Wildman–Crippen LogP) is 3.21. The Balaban J connectivity index is 1.74. The van der Waals surface area contributed by atoms with Gasteiger partial charge >= 0.3 is 0 Å². The summed E-state index contributed by atoms with van der Waals surface area (Å²) in [4.78, 5) is 11.9. The van der Waals surface area contributed by atoms with Gasteiger partial charge in [0.25, 0.3) is 0 Å². The molecule has 29 heavy (non-hydrogen) atoms. The van der Waals surface area contributed by atoms with E-state index in [0.29, 0.717) is 0 Å². The molecule has 1 aliphatic heterocycles. The molecule has 154 valence electrons. The van der Waals surface area contributed by atoms with E-state index in [1.807, 2.05) is 24.6 Å². The largest absolute Gasteiger partial charge is 0.378 e. The summed E-state index contributed by atoms with van der Waals surface area (Å²) in [5.74, 6) is 0. The monoisotopic (exact) mass is 395 g/mol. The molecule has 7 nitrogen and oxygen atoms in total. The Morgan fingerprint density at radius 3 is 2.59 bits per heavy atom. The fraction of sp³-hybridized carbons (Fsp3) is 0.500. The maximum atomic E-state index is 5.53. The molecule has 1 fully saturated rings. The average molecular weight is 396 g/mol. The summed E-state index contributed by atoms with van der Waals surface area (Å²) in [5.41, 5.74) is 6.68. The number of anilines is 1. The van der Waals surface area contributed by atoms with Gasteiger partial charge in [-0.15, -0.1) is 0 Å². The third-order valence-electron chi connectivity index (χ3n) is 5.47. The zero-order valence-electron chi connectivity index (χ0n) is 17.9. The third kappa shape index (κ3) is 3.97. The lowest BCUT2D eigenvalue weighted by atomic mass is 10.0. The minimum atomic E-state index is -0.237. The lowest BCUT2D eigenvalue weighted by molar-refractivity contribution is 0.0224. The van der Waals surface area contributed by atoms with Gasteiger partial charge in [-0.3, -0.25) is 4.98 Å². The predicted molar refractivity (Wildman–Crippen MR) is 114 cm³/mol. The molecule has 4 rings (SSSR count). The molecule has 0 saturated carbocycles. The van der Waals surface area contributed by atoms with E-state index >= 15 is 0 Å². The van der Waals surface area contributed by atoms with Crippen LogP contribution in [0.1, 0.15) is 30.9 Å². The molecular formula is C22H29N5O2. The first kappa shape index (κ1) is 19.8. The summed E-state index contributed by atoms with van der Waals surface area (Å²) >= 11 is 0. The number of ether oxygens (including phenoxy) is 2. The highest BCUT2D eigenvalue weighted by Crippen LogP contribution is 2.30. The van der Waals surface area contributed by atoms with Gasteiger partial charge in [-0.25, -0.2) is 9.50 Å². The van der Waals surface area contributed by atoms with Crippen molar-refractivity contribution in [3.63, 3.8) is 0 Å². The summed E-state index contributed by atoms with van der Waals surface area (Å²) in [6, 6.07) is 6.28. The molecule has 7 heteroatoms. The number of hydrogen-bond acceptors (Lipinski definition) is 6. The number of aromatic nitrogens is 4. The summed E-state index contributed by atoms with van der Waals surface area (Å²) < 4.78 is 13.0. The molecule has 3 aromatic rings. The Hall–Kier alpha value is -2.51. The van der Waals surface area contributed by atoms with Crippen LogP contribution in [0, 0.1) is 13.8 Å². The van der Waals surface area contributed by atoms with Crippen LogP contribution in [0.15, 0.2) is 24.4 Å². The van der Waals surface area contributed by atoms with E-state index in [4.69, 9.17) is 19.6 Å². The standard InChI is InChI=1S/C22H29N5O2/c1-15-12-19(26-8-10-29-11-9-26)21-24-16(2)20(27(21)25-15)17-6-7-18(23-14-17)13-22(3,4)28-5/h6-7,12,14H,8-11,13H2,1-5H3. The molecule has 0 radical (unpaired) electrons. The van der Waals surface area contributed by atoms with Crippen LogP contribution in [0.5, 0.6) is 0 Å². The zero-order valence-corrected chi connectivity index (χ0v) is 17.9. The summed E-state index contributed by atoms with van der Waals surface area (Å²) in [6.07, 6.45) is 2.67. The number of nitrogens with zero attached hydrogens (tertiary/aromatic N) is 5. The van der Waals surface area contributed by atoms with Crippen LogP contribution in [-0.4, -0.2) is 58.6 Å². The Labute approximate surface area is 171 Å². The van der Waals surface area contributed by atoms with E-state index in [-0.39, 0.29) is 5.60 Å². The van der Waals surface area contributed by atoms with Crippen molar-refractivity contribution in [2.45, 2.75) is 39.7 Å². The smallest absolute Gasteiger partial charge is 0.178 e. The Morgan fingerprint density at radius 2 is 1.93 bits per heavy atom. The lowest BCUT2D eigenvalue weighted by Gasteiger charge is -2.29. The summed E-state index contributed by atoms with van der Waals surface area (Å²) in [5, 5.41) is 4.77. The summed E-state index contributed by atoms with van der Waals surface area (Å²) in [6.45, 7) is 11.4. The van der Waals surface area contributed by atoms with E-state index in [1.165, 1.54) is 0 Å². The van der Waals surface area contributed by atoms with Crippen LogP contribution in [0.2, 0.25) is 0 Å². The highest BCUT2D eigenvalue weighted by Gasteiger charge is 2.22. The first-order chi connectivity index (χ1) is 13.9. The number of hydrogen-bond donors (Lipinski definition) is 0. The SMILES string of the molecule is COC(C)(C)Cc1ccc(-c2c(C)nc3c(N4CCOCC4)cc(C)nn23)cn1. The zero-order chi connectivity index (χ0) is 20.6. The molecule has 0 atom stereocenters. The number of imidazole rings is 1. The van der Waals surface area contributed by atoms with Gasteiger partial charge in [-0.1, -0.05) is 0 Å². The van der Waals surface area contributed by atoms with Gasteiger partial charge in [-0.05, 0) is 45.9 Å². The van der Waals surface area contributed by atoms with Gasteiger partial charge in [0.1, 0.15) is 0 Å². The Bertz CT molecular complexity index is 1000. The van der Waals surface area contributed by atoms with Crippen molar-refractivity contribution in [3.05, 3.63) is 41.5 Å². The first-order valence-electron chi connectivity index (χ1n) is 10.1. The number of morpholine rings is 1. The second-order valence-electron chi connectivity index (χ2n) is 8.23. The molecule has 0 aliphatic carbocycles. The van der Waals surface area contributed by atoms with Crippen LogP contribution in [0.25, 0.3) is 16.9 Å². The molecule has 0 N–H and O–H groups in total. The molecular weight excluding hydrogens is 366 g/mol. The van der Waals surface area contributed by atoms with Crippen molar-refractivity contribution in [1.29, 1.82) is 0 Å². The van der Waals surface area contributed by atoms with Crippen LogP contribution >= 0.6 is 0 Å². The first-order valence-corrected chi connectivity index (χ1v) is 10.1. The van der Waals surface area contributed by atoms with Crippen LogP contribution in [0.4, 0.5) is 5.69 Å². The second kappa shape index (κ2) is 7.72. The van der Waals surface area contributed by atoms with E-state index in [1.54, 1.807) is 7.11 Å². The van der Waals surface area contributed by atoms with E-state index in [2.05, 4.69) is 41.9 Å². The Morgan fingerprint density at radius 1 is 1.17 bits per heavy atom. The van der Waals surface area contributed by atoms with E-state index < -0.39 is 0 Å². The van der Waals surface area contributed by atoms with Gasteiger partial charge < -0.3 is 14.4 Å². The van der Waals surface area contributed by atoms with Gasteiger partial charge in [0.15, 0.2) is 5.65 Å². The van der Waals surface area contributed by atoms with Crippen molar-refractivity contribution in [1.82, 2.24) is 19.6 Å². The molecule has 1 saturated heterocycles. The van der Waals surface area contributed by atoms with Crippen LogP contribution in [0.3, 0.4) is 0 Å². The lowest BCUT2D eigenvalue weighted by Crippen LogP contribution is -2.36. The van der Waals surface area contributed by atoms with E-state index in [0.717, 1.165) is 72.4 Å². The number of fused-ring (bicyclic) bond motifs is 1. The van der Waals surface area contributed by atoms with Gasteiger partial charge in [-0.2, -0.15) is 5.10 Å². The highest BCUT2D eigenvalue weighted by atomic mass is 16.5. The fourth-order valence-electron chi connectivity index (χ4n) is 3.78. The number of rotatable bonds is 5. The quantitative estimate of drug-likeness (QED) is 0.661. The molecule has 1 aliphatic rings. The van der Waals surface area contributed by atoms with Crippen molar-refractivity contribution in [2.24, 2.45) is 0 Å². The normalized spacial score (nSPS) is 15.3. The number of pyridine rings is 1. The number of methoxy groups -OCH3 is 1. The van der Waals surface area contributed by atoms with Gasteiger partial charge in [0.2, 0.25) is 0 Å². The molecule has 0 bridgehead atoms. The maximum Gasteiger partial charge on any atom is 0.178 e. The molecule has 0 spiro atoms. The molecule has 0 aromatic carbocycles. The maximum absolute atomic E-state index is 5.53. The van der Waals surface area contributed by atoms with Crippen molar-refractivity contribution in [3.8, 4) is 11.3 Å². The molecule has 3 aromatic heterocycles. The van der Waals surface area contributed by atoms with Crippen molar-refractivity contribution < 1.29 is 9.47 Å².